The van der Waals surface area contributed by atoms with Gasteiger partial charge in [0.1, 0.15) is 0 Å². The molecule has 0 spiro atoms. The Kier molecular flexibility index (Phi) is 3.41. The molecule has 0 heterocycles. The van der Waals surface area contributed by atoms with Crippen molar-refractivity contribution in [3.8, 4) is 0 Å². The van der Waals surface area contributed by atoms with Crippen LogP contribution in [-0.2, 0) is 0 Å². The molecule has 0 saturated carbocycles. The number of hydrogen-bond acceptors (Lipinski definition) is 4. The molecular weight excluding hydrogens is 184 g/mol. The van der Waals surface area contributed by atoms with Gasteiger partial charge in [-0.2, -0.15) is 0 Å². The number of benzene rings is 1. The number of aliphatic hydroxyl groups is 1. The normalized spacial score (nSPS) is 9.86. The Bertz CT molecular complexity index is 310. The molecule has 0 aliphatic rings. The standard InChI is InChI=1S/C9H12N2O3/c1-10(6-7-12)8-2-4-9(5-3-8)11(13)14/h2-5,12H,6-7H2,1H3. The molecule has 1 rings (SSSR count). The Morgan fingerprint density at radius 2 is 2.00 bits per heavy atom. The molecule has 0 bridgehead atoms. The van der Waals surface area contributed by atoms with Crippen LogP contribution in [0.25, 0.3) is 0 Å². The van der Waals surface area contributed by atoms with Gasteiger partial charge in [-0.05, 0) is 12.1 Å². The van der Waals surface area contributed by atoms with Crippen molar-refractivity contribution >= 4 is 11.4 Å². The highest BCUT2D eigenvalue weighted by atomic mass is 16.6. The number of anilines is 1. The number of rotatable bonds is 4. The van der Waals surface area contributed by atoms with E-state index in [1.165, 1.54) is 12.1 Å². The van der Waals surface area contributed by atoms with Crippen LogP contribution in [0.15, 0.2) is 24.3 Å². The largest absolute Gasteiger partial charge is 0.395 e. The first kappa shape index (κ1) is 10.5. The van der Waals surface area contributed by atoms with Gasteiger partial charge >= 0.3 is 0 Å². The van der Waals surface area contributed by atoms with Crippen LogP contribution in [0.3, 0.4) is 0 Å². The number of nitrogens with zero attached hydrogens (tertiary/aromatic N) is 2. The molecule has 0 amide bonds. The van der Waals surface area contributed by atoms with E-state index < -0.39 is 4.92 Å². The van der Waals surface area contributed by atoms with E-state index in [4.69, 9.17) is 5.11 Å². The van der Waals surface area contributed by atoms with E-state index in [1.54, 1.807) is 12.1 Å². The Morgan fingerprint density at radius 3 is 2.43 bits per heavy atom. The summed E-state index contributed by atoms with van der Waals surface area (Å²) < 4.78 is 0. The van der Waals surface area contributed by atoms with E-state index in [1.807, 2.05) is 11.9 Å². The van der Waals surface area contributed by atoms with Crippen molar-refractivity contribution in [1.82, 2.24) is 0 Å². The zero-order valence-corrected chi connectivity index (χ0v) is 7.88. The van der Waals surface area contributed by atoms with E-state index in [0.717, 1.165) is 5.69 Å². The monoisotopic (exact) mass is 196 g/mol. The molecule has 1 aromatic carbocycles. The van der Waals surface area contributed by atoms with Crippen molar-refractivity contribution in [3.05, 3.63) is 34.4 Å². The van der Waals surface area contributed by atoms with Gasteiger partial charge in [0.2, 0.25) is 0 Å². The van der Waals surface area contributed by atoms with Crippen LogP contribution in [0.1, 0.15) is 0 Å². The number of non-ortho nitro benzene ring substituents is 1. The van der Waals surface area contributed by atoms with Crippen molar-refractivity contribution in [2.45, 2.75) is 0 Å². The molecule has 76 valence electrons. The van der Waals surface area contributed by atoms with Crippen LogP contribution in [-0.4, -0.2) is 30.2 Å². The molecule has 0 unspecified atom stereocenters. The van der Waals surface area contributed by atoms with Crippen LogP contribution in [0.5, 0.6) is 0 Å². The zero-order chi connectivity index (χ0) is 10.6. The molecule has 0 aliphatic carbocycles. The SMILES string of the molecule is CN(CCO)c1ccc([N+](=O)[O-])cc1. The van der Waals surface area contributed by atoms with Gasteiger partial charge in [-0.1, -0.05) is 0 Å². The van der Waals surface area contributed by atoms with E-state index in [9.17, 15) is 10.1 Å². The molecule has 1 N–H and O–H groups in total. The molecular formula is C9H12N2O3. The van der Waals surface area contributed by atoms with Crippen LogP contribution in [0.4, 0.5) is 11.4 Å². The molecule has 5 heteroatoms. The maximum Gasteiger partial charge on any atom is 0.269 e. The van der Waals surface area contributed by atoms with Gasteiger partial charge in [-0.25, -0.2) is 0 Å². The number of aliphatic hydroxyl groups excluding tert-OH is 1. The molecule has 0 atom stereocenters. The predicted octanol–water partition coefficient (Wildman–Crippen LogP) is 1.02. The summed E-state index contributed by atoms with van der Waals surface area (Å²) >= 11 is 0. The highest BCUT2D eigenvalue weighted by Gasteiger charge is 2.05. The third-order valence-electron chi connectivity index (χ3n) is 1.94. The minimum atomic E-state index is -0.435. The topological polar surface area (TPSA) is 66.6 Å². The first-order chi connectivity index (χ1) is 6.65. The summed E-state index contributed by atoms with van der Waals surface area (Å²) in [7, 11) is 1.82. The highest BCUT2D eigenvalue weighted by Crippen LogP contribution is 2.17. The van der Waals surface area contributed by atoms with Crippen molar-refractivity contribution in [3.63, 3.8) is 0 Å². The maximum atomic E-state index is 10.4. The van der Waals surface area contributed by atoms with Crippen molar-refractivity contribution in [1.29, 1.82) is 0 Å². The summed E-state index contributed by atoms with van der Waals surface area (Å²) in [4.78, 5) is 11.7. The fourth-order valence-electron chi connectivity index (χ4n) is 1.11. The molecule has 5 nitrogen and oxygen atoms in total. The summed E-state index contributed by atoms with van der Waals surface area (Å²) in [5.74, 6) is 0. The van der Waals surface area contributed by atoms with E-state index in [0.29, 0.717) is 6.54 Å². The lowest BCUT2D eigenvalue weighted by atomic mass is 10.2. The summed E-state index contributed by atoms with van der Waals surface area (Å²) in [6.45, 7) is 0.575. The molecule has 1 aromatic rings. The third-order valence-corrected chi connectivity index (χ3v) is 1.94. The quantitative estimate of drug-likeness (QED) is 0.576. The highest BCUT2D eigenvalue weighted by molar-refractivity contribution is 5.50. The minimum Gasteiger partial charge on any atom is -0.395 e. The summed E-state index contributed by atoms with van der Waals surface area (Å²) in [5.41, 5.74) is 0.927. The van der Waals surface area contributed by atoms with Gasteiger partial charge in [-0.3, -0.25) is 10.1 Å². The Hall–Kier alpha value is -1.62. The third kappa shape index (κ3) is 2.43. The van der Waals surface area contributed by atoms with Gasteiger partial charge in [0.15, 0.2) is 0 Å². The van der Waals surface area contributed by atoms with Gasteiger partial charge in [0.05, 0.1) is 11.5 Å². The van der Waals surface area contributed by atoms with Crippen molar-refractivity contribution in [2.75, 3.05) is 25.1 Å². The van der Waals surface area contributed by atoms with Crippen molar-refractivity contribution in [2.24, 2.45) is 0 Å². The van der Waals surface area contributed by atoms with Gasteiger partial charge < -0.3 is 10.0 Å². The second-order valence-electron chi connectivity index (χ2n) is 2.92. The molecule has 0 radical (unpaired) electrons. The fraction of sp³-hybridized carbons (Fsp3) is 0.333. The number of likely N-dealkylation sites (N-methyl/N-ethyl adjacent to an activating group) is 1. The van der Waals surface area contributed by atoms with Gasteiger partial charge in [0.25, 0.3) is 5.69 Å². The second kappa shape index (κ2) is 4.57. The van der Waals surface area contributed by atoms with E-state index in [-0.39, 0.29) is 12.3 Å². The van der Waals surface area contributed by atoms with Crippen molar-refractivity contribution < 1.29 is 10.0 Å². The molecule has 0 fully saturated rings. The zero-order valence-electron chi connectivity index (χ0n) is 7.88. The van der Waals surface area contributed by atoms with E-state index >= 15 is 0 Å². The average molecular weight is 196 g/mol. The molecule has 0 aliphatic heterocycles. The Labute approximate surface area is 81.7 Å². The summed E-state index contributed by atoms with van der Waals surface area (Å²) in [5, 5.41) is 19.1. The number of nitro groups is 1. The molecule has 0 saturated heterocycles. The smallest absolute Gasteiger partial charge is 0.269 e. The fourth-order valence-corrected chi connectivity index (χ4v) is 1.11. The molecule has 14 heavy (non-hydrogen) atoms. The molecule has 0 aromatic heterocycles. The minimum absolute atomic E-state index is 0.0630. The predicted molar refractivity (Wildman–Crippen MR) is 53.5 cm³/mol. The van der Waals surface area contributed by atoms with Crippen LogP contribution < -0.4 is 4.90 Å². The number of hydrogen-bond donors (Lipinski definition) is 1. The van der Waals surface area contributed by atoms with E-state index in [2.05, 4.69) is 0 Å². The van der Waals surface area contributed by atoms with Gasteiger partial charge in [0, 0.05) is 31.4 Å². The lowest BCUT2D eigenvalue weighted by molar-refractivity contribution is -0.384. The second-order valence-corrected chi connectivity index (χ2v) is 2.92. The average Bonchev–Trinajstić information content (AvgIpc) is 2.18. The number of nitro benzene ring substituents is 1. The Balaban J connectivity index is 2.77. The first-order valence-corrected chi connectivity index (χ1v) is 4.21. The lowest BCUT2D eigenvalue weighted by Gasteiger charge is -2.17. The van der Waals surface area contributed by atoms with Crippen LogP contribution >= 0.6 is 0 Å². The lowest BCUT2D eigenvalue weighted by Crippen LogP contribution is -2.20. The summed E-state index contributed by atoms with van der Waals surface area (Å²) in [6.07, 6.45) is 0. The Morgan fingerprint density at radius 1 is 1.43 bits per heavy atom. The first-order valence-electron chi connectivity index (χ1n) is 4.21. The maximum absolute atomic E-state index is 10.4. The van der Waals surface area contributed by atoms with Crippen LogP contribution in [0, 0.1) is 10.1 Å². The summed E-state index contributed by atoms with van der Waals surface area (Å²) in [6, 6.07) is 6.22. The van der Waals surface area contributed by atoms with Gasteiger partial charge in [-0.15, -0.1) is 0 Å². The van der Waals surface area contributed by atoms with Crippen LogP contribution in [0.2, 0.25) is 0 Å².